The zero-order valence-corrected chi connectivity index (χ0v) is 12.2. The summed E-state index contributed by atoms with van der Waals surface area (Å²) in [6.45, 7) is 4.80. The number of carbonyl (C=O) groups is 1. The minimum atomic E-state index is -0.751. The van der Waals surface area contributed by atoms with Gasteiger partial charge in [-0.1, -0.05) is 0 Å². The first-order valence-corrected chi connectivity index (χ1v) is 7.09. The number of carboxylic acid groups (broad SMARTS) is 1. The van der Waals surface area contributed by atoms with Crippen LogP contribution in [0.2, 0.25) is 0 Å². The Bertz CT molecular complexity index is 435. The largest absolute Gasteiger partial charge is 0.481 e. The summed E-state index contributed by atoms with van der Waals surface area (Å²) in [4.78, 5) is 12.4. The van der Waals surface area contributed by atoms with Crippen LogP contribution < -0.4 is 0 Å². The topological polar surface area (TPSA) is 46.5 Å². The van der Waals surface area contributed by atoms with Gasteiger partial charge in [0.05, 0.1) is 24.0 Å². The Morgan fingerprint density at radius 1 is 1.65 bits per heavy atom. The molecule has 2 rings (SSSR count). The van der Waals surface area contributed by atoms with E-state index in [1.807, 2.05) is 5.38 Å². The summed E-state index contributed by atoms with van der Waals surface area (Å²) >= 11 is 5.10. The molecule has 0 aromatic carbocycles. The Morgan fingerprint density at radius 2 is 2.29 bits per heavy atom. The van der Waals surface area contributed by atoms with Crippen molar-refractivity contribution >= 4 is 33.2 Å². The molecule has 0 bridgehead atoms. The number of hydrogen-bond donors (Lipinski definition) is 1. The van der Waals surface area contributed by atoms with Gasteiger partial charge in [-0.05, 0) is 42.3 Å². The van der Waals surface area contributed by atoms with Crippen LogP contribution in [-0.2, 0) is 14.9 Å². The molecule has 0 saturated carbocycles. The molecule has 17 heavy (non-hydrogen) atoms. The van der Waals surface area contributed by atoms with Crippen LogP contribution in [-0.4, -0.2) is 24.3 Å². The molecular weight excluding hydrogens is 304 g/mol. The standard InChI is InChI=1S/C12H15BrO3S/c1-11(2,10(14)15)5-12(6-16-7-12)9-3-8(13)4-17-9/h3-4H,5-7H2,1-2H3,(H,14,15). The highest BCUT2D eigenvalue weighted by atomic mass is 79.9. The molecule has 0 amide bonds. The number of aliphatic carboxylic acids is 1. The third kappa shape index (κ3) is 2.41. The van der Waals surface area contributed by atoms with Crippen molar-refractivity contribution < 1.29 is 14.6 Å². The van der Waals surface area contributed by atoms with Gasteiger partial charge in [-0.25, -0.2) is 0 Å². The fourth-order valence-corrected chi connectivity index (χ4v) is 3.80. The van der Waals surface area contributed by atoms with Crippen LogP contribution in [0.5, 0.6) is 0 Å². The van der Waals surface area contributed by atoms with E-state index in [0.717, 1.165) is 4.47 Å². The fraction of sp³-hybridized carbons (Fsp3) is 0.583. The molecule has 0 aliphatic carbocycles. The van der Waals surface area contributed by atoms with E-state index >= 15 is 0 Å². The molecule has 0 radical (unpaired) electrons. The summed E-state index contributed by atoms with van der Waals surface area (Å²) in [7, 11) is 0. The van der Waals surface area contributed by atoms with Crippen molar-refractivity contribution in [2.45, 2.75) is 25.7 Å². The highest BCUT2D eigenvalue weighted by molar-refractivity contribution is 9.10. The minimum absolute atomic E-state index is 0.113. The highest BCUT2D eigenvalue weighted by Gasteiger charge is 2.47. The molecule has 1 saturated heterocycles. The summed E-state index contributed by atoms with van der Waals surface area (Å²) in [5.74, 6) is -0.751. The lowest BCUT2D eigenvalue weighted by atomic mass is 9.70. The van der Waals surface area contributed by atoms with Gasteiger partial charge in [0.1, 0.15) is 0 Å². The molecule has 94 valence electrons. The zero-order valence-electron chi connectivity index (χ0n) is 9.83. The molecule has 2 heterocycles. The lowest BCUT2D eigenvalue weighted by molar-refractivity contribution is -0.152. The molecule has 0 spiro atoms. The summed E-state index contributed by atoms with van der Waals surface area (Å²) in [6, 6.07) is 2.07. The van der Waals surface area contributed by atoms with Crippen LogP contribution in [0.1, 0.15) is 25.1 Å². The molecule has 1 aromatic heterocycles. The Hall–Kier alpha value is -0.390. The smallest absolute Gasteiger partial charge is 0.309 e. The number of rotatable bonds is 4. The number of hydrogen-bond acceptors (Lipinski definition) is 3. The van der Waals surface area contributed by atoms with Gasteiger partial charge in [0.15, 0.2) is 0 Å². The lowest BCUT2D eigenvalue weighted by Crippen LogP contribution is -2.50. The molecule has 1 aliphatic rings. The van der Waals surface area contributed by atoms with E-state index in [2.05, 4.69) is 22.0 Å². The second-order valence-corrected chi connectivity index (χ2v) is 7.10. The van der Waals surface area contributed by atoms with Crippen molar-refractivity contribution in [3.63, 3.8) is 0 Å². The molecule has 1 aliphatic heterocycles. The maximum absolute atomic E-state index is 11.2. The molecular formula is C12H15BrO3S. The van der Waals surface area contributed by atoms with Crippen molar-refractivity contribution in [1.29, 1.82) is 0 Å². The quantitative estimate of drug-likeness (QED) is 0.926. The normalized spacial score (nSPS) is 18.8. The van der Waals surface area contributed by atoms with Gasteiger partial charge in [0, 0.05) is 14.7 Å². The van der Waals surface area contributed by atoms with Crippen LogP contribution in [0, 0.1) is 5.41 Å². The summed E-state index contributed by atoms with van der Waals surface area (Å²) in [6.07, 6.45) is 0.613. The van der Waals surface area contributed by atoms with Gasteiger partial charge in [0.2, 0.25) is 0 Å². The Labute approximate surface area is 113 Å². The summed E-state index contributed by atoms with van der Waals surface area (Å²) in [5, 5.41) is 11.3. The molecule has 1 fully saturated rings. The van der Waals surface area contributed by atoms with E-state index in [1.165, 1.54) is 4.88 Å². The van der Waals surface area contributed by atoms with E-state index in [0.29, 0.717) is 19.6 Å². The van der Waals surface area contributed by atoms with E-state index in [-0.39, 0.29) is 5.41 Å². The average molecular weight is 319 g/mol. The predicted molar refractivity (Wildman–Crippen MR) is 70.5 cm³/mol. The first kappa shape index (κ1) is 13.1. The van der Waals surface area contributed by atoms with Gasteiger partial charge >= 0.3 is 5.97 Å². The van der Waals surface area contributed by atoms with Crippen molar-refractivity contribution in [1.82, 2.24) is 0 Å². The monoisotopic (exact) mass is 318 g/mol. The minimum Gasteiger partial charge on any atom is -0.481 e. The Kier molecular flexibility index (Phi) is 3.36. The van der Waals surface area contributed by atoms with Crippen LogP contribution >= 0.6 is 27.3 Å². The number of carboxylic acids is 1. The number of ether oxygens (including phenoxy) is 1. The second kappa shape index (κ2) is 4.37. The van der Waals surface area contributed by atoms with E-state index in [1.54, 1.807) is 25.2 Å². The van der Waals surface area contributed by atoms with Crippen molar-refractivity contribution in [3.8, 4) is 0 Å². The maximum Gasteiger partial charge on any atom is 0.309 e. The van der Waals surface area contributed by atoms with Crippen molar-refractivity contribution in [2.75, 3.05) is 13.2 Å². The zero-order chi connectivity index (χ0) is 12.7. The van der Waals surface area contributed by atoms with Crippen molar-refractivity contribution in [3.05, 3.63) is 20.8 Å². The first-order chi connectivity index (χ1) is 7.86. The Balaban J connectivity index is 2.24. The van der Waals surface area contributed by atoms with E-state index < -0.39 is 11.4 Å². The van der Waals surface area contributed by atoms with Crippen LogP contribution in [0.25, 0.3) is 0 Å². The van der Waals surface area contributed by atoms with Crippen LogP contribution in [0.3, 0.4) is 0 Å². The molecule has 3 nitrogen and oxygen atoms in total. The average Bonchev–Trinajstić information content (AvgIpc) is 2.58. The van der Waals surface area contributed by atoms with Gasteiger partial charge in [-0.15, -0.1) is 11.3 Å². The molecule has 0 unspecified atom stereocenters. The third-order valence-corrected chi connectivity index (χ3v) is 5.14. The van der Waals surface area contributed by atoms with Crippen LogP contribution in [0.15, 0.2) is 15.9 Å². The second-order valence-electron chi connectivity index (χ2n) is 5.27. The summed E-state index contributed by atoms with van der Waals surface area (Å²) in [5.41, 5.74) is -0.835. The SMILES string of the molecule is CC(C)(CC1(c2cc(Br)cs2)COC1)C(=O)O. The van der Waals surface area contributed by atoms with Gasteiger partial charge in [0.25, 0.3) is 0 Å². The highest BCUT2D eigenvalue weighted by Crippen LogP contribution is 2.45. The van der Waals surface area contributed by atoms with E-state index in [9.17, 15) is 9.90 Å². The molecule has 5 heteroatoms. The maximum atomic E-state index is 11.2. The Morgan fingerprint density at radius 3 is 2.65 bits per heavy atom. The number of halogens is 1. The van der Waals surface area contributed by atoms with Gasteiger partial charge < -0.3 is 9.84 Å². The third-order valence-electron chi connectivity index (χ3n) is 3.21. The van der Waals surface area contributed by atoms with Gasteiger partial charge in [-0.3, -0.25) is 4.79 Å². The fourth-order valence-electron chi connectivity index (χ4n) is 2.19. The summed E-state index contributed by atoms with van der Waals surface area (Å²) < 4.78 is 6.38. The van der Waals surface area contributed by atoms with Crippen LogP contribution in [0.4, 0.5) is 0 Å². The first-order valence-electron chi connectivity index (χ1n) is 5.41. The number of thiophene rings is 1. The molecule has 1 aromatic rings. The van der Waals surface area contributed by atoms with Crippen molar-refractivity contribution in [2.24, 2.45) is 5.41 Å². The predicted octanol–water partition coefficient (Wildman–Crippen LogP) is 3.28. The molecule has 0 atom stereocenters. The van der Waals surface area contributed by atoms with Gasteiger partial charge in [-0.2, -0.15) is 0 Å². The lowest BCUT2D eigenvalue weighted by Gasteiger charge is -2.44. The van der Waals surface area contributed by atoms with E-state index in [4.69, 9.17) is 4.74 Å². The molecule has 1 N–H and O–H groups in total.